The zero-order valence-corrected chi connectivity index (χ0v) is 36.3. The third-order valence-electron chi connectivity index (χ3n) is 12.7. The Labute approximate surface area is 329 Å². The lowest BCUT2D eigenvalue weighted by Crippen LogP contribution is -2.64. The van der Waals surface area contributed by atoms with Crippen molar-refractivity contribution in [2.45, 2.75) is 172 Å². The second-order valence-corrected chi connectivity index (χ2v) is 18.5. The van der Waals surface area contributed by atoms with Crippen LogP contribution in [0.3, 0.4) is 0 Å². The van der Waals surface area contributed by atoms with Crippen LogP contribution in [-0.2, 0) is 14.3 Å². The third kappa shape index (κ3) is 13.7. The highest BCUT2D eigenvalue weighted by Gasteiger charge is 2.50. The van der Waals surface area contributed by atoms with Gasteiger partial charge >= 0.3 is 0 Å². The van der Waals surface area contributed by atoms with E-state index < -0.39 is 24.0 Å². The molecule has 1 saturated heterocycles. The minimum atomic E-state index is -0.788. The Kier molecular flexibility index (Phi) is 19.3. The molecule has 2 aliphatic rings. The van der Waals surface area contributed by atoms with Crippen molar-refractivity contribution in [3.63, 3.8) is 0 Å². The molecule has 1 amide bonds. The molecule has 2 aliphatic heterocycles. The molecule has 2 rings (SSSR count). The van der Waals surface area contributed by atoms with Crippen LogP contribution in [0.5, 0.6) is 0 Å². The predicted molar refractivity (Wildman–Crippen MR) is 223 cm³/mol. The summed E-state index contributed by atoms with van der Waals surface area (Å²) in [6.45, 7) is 26.9. The smallest absolute Gasteiger partial charge is 0.225 e. The van der Waals surface area contributed by atoms with E-state index in [0.717, 1.165) is 37.7 Å². The van der Waals surface area contributed by atoms with E-state index in [2.05, 4.69) is 112 Å². The zero-order valence-electron chi connectivity index (χ0n) is 36.3. The van der Waals surface area contributed by atoms with Gasteiger partial charge in [-0.25, -0.2) is 0 Å². The number of aliphatic hydroxyl groups excluding tert-OH is 3. The van der Waals surface area contributed by atoms with Crippen molar-refractivity contribution in [1.29, 1.82) is 0 Å². The number of hydrogen-bond donors (Lipinski definition) is 4. The first-order chi connectivity index (χ1) is 25.2. The molecule has 12 atom stereocenters. The van der Waals surface area contributed by atoms with Gasteiger partial charge < -0.3 is 30.2 Å². The number of allylic oxidation sites excluding steroid dienone is 7. The number of piperidine rings is 1. The predicted octanol–water partition coefficient (Wildman–Crippen LogP) is 9.68. The summed E-state index contributed by atoms with van der Waals surface area (Å²) in [4.78, 5) is 24.5. The van der Waals surface area contributed by atoms with Gasteiger partial charge in [-0.05, 0) is 94.0 Å². The van der Waals surface area contributed by atoms with Gasteiger partial charge in [-0.2, -0.15) is 0 Å². The molecule has 0 saturated carbocycles. The molecule has 0 aliphatic carbocycles. The van der Waals surface area contributed by atoms with Crippen LogP contribution in [0.2, 0.25) is 0 Å². The first-order valence-electron chi connectivity index (χ1n) is 21.0. The van der Waals surface area contributed by atoms with Crippen molar-refractivity contribution < 1.29 is 29.6 Å². The van der Waals surface area contributed by atoms with Crippen LogP contribution in [-0.4, -0.2) is 57.2 Å². The Morgan fingerprint density at radius 3 is 2.30 bits per heavy atom. The second kappa shape index (κ2) is 21.8. The number of aliphatic hydroxyl groups is 3. The highest BCUT2D eigenvalue weighted by molar-refractivity contribution is 5.81. The molecular formula is C47H79NO6. The first kappa shape index (κ1) is 47.8. The molecule has 0 aromatic heterocycles. The number of carbonyl (C=O) groups excluding carboxylic acids is 2. The maximum Gasteiger partial charge on any atom is 0.225 e. The molecule has 308 valence electrons. The fraction of sp³-hybridized carbons (Fsp3) is 0.745. The molecule has 7 nitrogen and oxygen atoms in total. The van der Waals surface area contributed by atoms with Gasteiger partial charge in [0.25, 0.3) is 0 Å². The third-order valence-corrected chi connectivity index (χ3v) is 12.7. The zero-order chi connectivity index (χ0) is 41.0. The van der Waals surface area contributed by atoms with E-state index in [9.17, 15) is 24.9 Å². The van der Waals surface area contributed by atoms with Crippen LogP contribution < -0.4 is 5.32 Å². The minimum Gasteiger partial charge on any atom is -0.393 e. The van der Waals surface area contributed by atoms with E-state index in [0.29, 0.717) is 31.1 Å². The van der Waals surface area contributed by atoms with Gasteiger partial charge in [0.05, 0.1) is 24.4 Å². The van der Waals surface area contributed by atoms with Crippen LogP contribution in [0.25, 0.3) is 0 Å². The fourth-order valence-corrected chi connectivity index (χ4v) is 8.57. The number of nitrogens with one attached hydrogen (secondary N) is 1. The Balaban J connectivity index is 1.90. The van der Waals surface area contributed by atoms with Gasteiger partial charge in [-0.1, -0.05) is 123 Å². The van der Waals surface area contributed by atoms with Gasteiger partial charge in [0, 0.05) is 36.5 Å². The van der Waals surface area contributed by atoms with E-state index in [1.807, 2.05) is 19.1 Å². The van der Waals surface area contributed by atoms with Crippen LogP contribution in [0.1, 0.15) is 141 Å². The van der Waals surface area contributed by atoms with Crippen molar-refractivity contribution in [3.8, 4) is 0 Å². The minimum absolute atomic E-state index is 0.0224. The van der Waals surface area contributed by atoms with E-state index in [1.54, 1.807) is 13.0 Å². The number of carbonyl (C=O) groups is 2. The Morgan fingerprint density at radius 2 is 1.70 bits per heavy atom. The van der Waals surface area contributed by atoms with Crippen molar-refractivity contribution in [2.75, 3.05) is 0 Å². The normalized spacial score (nSPS) is 28.4. The number of ketones is 1. The standard InChI is InChI=1S/C47H79NO6/c1-14-38-28-35(8)47(48-45(38)53)34(7)27-33(6)43(54-47)29-42(51)32(5)22-18-15-17-21-31(4)39(30(2)3)23-19-16-20-24-41(50)37(10)44(52)40(46(11,12)13)26-25-36(9)49/h15-17,19-21,24,27,30,32-33,35,37-44,50-52H,14,18,22-23,25-26,28-29H2,1-13H3,(H,48,53)/b17-15+,19-16+,24-20+,31-21+/t32-,33+,35-,37-,38-,39+,40+,41-,42-,43-,44+,47-/m0/s1. The molecule has 0 unspecified atom stereocenters. The molecule has 4 N–H and O–H groups in total. The monoisotopic (exact) mass is 754 g/mol. The summed E-state index contributed by atoms with van der Waals surface area (Å²) in [5, 5.41) is 36.5. The molecule has 2 heterocycles. The maximum atomic E-state index is 12.9. The summed E-state index contributed by atoms with van der Waals surface area (Å²) in [7, 11) is 0. The summed E-state index contributed by atoms with van der Waals surface area (Å²) in [6.07, 6.45) is 20.2. The van der Waals surface area contributed by atoms with Gasteiger partial charge in [0.1, 0.15) is 5.78 Å². The molecule has 0 aromatic rings. The lowest BCUT2D eigenvalue weighted by atomic mass is 9.71. The van der Waals surface area contributed by atoms with Crippen LogP contribution in [0, 0.1) is 52.8 Å². The lowest BCUT2D eigenvalue weighted by Gasteiger charge is -2.51. The quantitative estimate of drug-likeness (QED) is 0.0727. The Hall–Kier alpha value is -2.32. The number of ether oxygens (including phenoxy) is 1. The van der Waals surface area contributed by atoms with Gasteiger partial charge in [0.2, 0.25) is 5.91 Å². The van der Waals surface area contributed by atoms with E-state index in [-0.39, 0.29) is 58.7 Å². The van der Waals surface area contributed by atoms with Crippen LogP contribution >= 0.6 is 0 Å². The number of rotatable bonds is 20. The largest absolute Gasteiger partial charge is 0.393 e. The van der Waals surface area contributed by atoms with Gasteiger partial charge in [-0.15, -0.1) is 0 Å². The summed E-state index contributed by atoms with van der Waals surface area (Å²) in [5.41, 5.74) is 1.42. The van der Waals surface area contributed by atoms with Crippen molar-refractivity contribution in [3.05, 3.63) is 59.8 Å². The van der Waals surface area contributed by atoms with Crippen molar-refractivity contribution in [1.82, 2.24) is 5.32 Å². The maximum absolute atomic E-state index is 12.9. The summed E-state index contributed by atoms with van der Waals surface area (Å²) in [5.74, 6) is 1.03. The molecule has 7 heteroatoms. The molecule has 1 fully saturated rings. The number of Topliss-reactive ketones (excluding diaryl/α,β-unsaturated/α-hetero) is 1. The molecular weight excluding hydrogens is 675 g/mol. The highest BCUT2D eigenvalue weighted by Crippen LogP contribution is 2.43. The fourth-order valence-electron chi connectivity index (χ4n) is 8.57. The van der Waals surface area contributed by atoms with Crippen molar-refractivity contribution >= 4 is 11.7 Å². The molecule has 0 bridgehead atoms. The molecule has 0 radical (unpaired) electrons. The first-order valence-corrected chi connectivity index (χ1v) is 21.0. The Bertz CT molecular complexity index is 1340. The highest BCUT2D eigenvalue weighted by atomic mass is 16.5. The molecule has 54 heavy (non-hydrogen) atoms. The number of hydrogen-bond acceptors (Lipinski definition) is 6. The van der Waals surface area contributed by atoms with Gasteiger partial charge in [0.15, 0.2) is 5.72 Å². The Morgan fingerprint density at radius 1 is 1.04 bits per heavy atom. The van der Waals surface area contributed by atoms with Gasteiger partial charge in [-0.3, -0.25) is 4.79 Å². The lowest BCUT2D eigenvalue weighted by molar-refractivity contribution is -0.179. The van der Waals surface area contributed by atoms with Crippen molar-refractivity contribution in [2.24, 2.45) is 52.8 Å². The molecule has 1 spiro atoms. The van der Waals surface area contributed by atoms with E-state index in [1.165, 1.54) is 5.57 Å². The van der Waals surface area contributed by atoms with Crippen LogP contribution in [0.4, 0.5) is 0 Å². The number of amides is 1. The van der Waals surface area contributed by atoms with Crippen LogP contribution in [0.15, 0.2) is 59.8 Å². The van der Waals surface area contributed by atoms with E-state index in [4.69, 9.17) is 4.74 Å². The summed E-state index contributed by atoms with van der Waals surface area (Å²) >= 11 is 0. The summed E-state index contributed by atoms with van der Waals surface area (Å²) < 4.78 is 6.73. The summed E-state index contributed by atoms with van der Waals surface area (Å²) in [6, 6.07) is 0. The average Bonchev–Trinajstić information content (AvgIpc) is 3.08. The second-order valence-electron chi connectivity index (χ2n) is 18.5. The SMILES string of the molecule is CC[C@H]1C[C@H](C)[C@@]2(NC1=O)O[C@@H](C[C@H](O)[C@@H](C)CC/C=C/C=C(\C)[C@H](C/C=C/C=C/[C@H](O)[C@H](C)[C@@H](O)[C@@H](CCC(C)=O)C(C)(C)C)C(C)C)[C@H](C)C=C2C. The molecule has 0 aromatic carbocycles. The average molecular weight is 754 g/mol. The topological polar surface area (TPSA) is 116 Å². The van der Waals surface area contributed by atoms with E-state index >= 15 is 0 Å².